The lowest BCUT2D eigenvalue weighted by molar-refractivity contribution is -0.140. The highest BCUT2D eigenvalue weighted by Crippen LogP contribution is 2.29. The minimum Gasteiger partial charge on any atom is -0.450 e. The second-order valence-corrected chi connectivity index (χ2v) is 6.14. The van der Waals surface area contributed by atoms with Crippen LogP contribution in [0.2, 0.25) is 0 Å². The molecule has 1 saturated heterocycles. The number of piperazine rings is 1. The van der Waals surface area contributed by atoms with Gasteiger partial charge in [-0.25, -0.2) is 9.78 Å². The van der Waals surface area contributed by atoms with Crippen molar-refractivity contribution in [2.45, 2.75) is 19.6 Å². The maximum absolute atomic E-state index is 12.6. The molecular formula is C14H21F3IN5O2S. The van der Waals surface area contributed by atoms with Gasteiger partial charge in [-0.1, -0.05) is 0 Å². The molecule has 1 N–H and O–H groups in total. The third kappa shape index (κ3) is 6.14. The third-order valence-electron chi connectivity index (χ3n) is 3.56. The van der Waals surface area contributed by atoms with Crippen LogP contribution < -0.4 is 5.32 Å². The number of ether oxygens (including phenoxy) is 1. The van der Waals surface area contributed by atoms with Crippen molar-refractivity contribution in [3.05, 3.63) is 16.1 Å². The summed E-state index contributed by atoms with van der Waals surface area (Å²) in [5.74, 6) is 0.562. The Hall–Kier alpha value is -1.31. The lowest BCUT2D eigenvalue weighted by Gasteiger charge is -2.35. The zero-order chi connectivity index (χ0) is 18.4. The van der Waals surface area contributed by atoms with Gasteiger partial charge in [-0.3, -0.25) is 4.99 Å². The van der Waals surface area contributed by atoms with Crippen LogP contribution >= 0.6 is 35.3 Å². The highest BCUT2D eigenvalue weighted by molar-refractivity contribution is 14.0. The normalized spacial score (nSPS) is 15.5. The number of halogens is 4. The second-order valence-electron chi connectivity index (χ2n) is 5.20. The van der Waals surface area contributed by atoms with Gasteiger partial charge < -0.3 is 19.9 Å². The van der Waals surface area contributed by atoms with Crippen molar-refractivity contribution in [3.8, 4) is 0 Å². The number of amides is 1. The predicted octanol–water partition coefficient (Wildman–Crippen LogP) is 2.63. The number of alkyl halides is 3. The Morgan fingerprint density at radius 3 is 2.46 bits per heavy atom. The molecule has 0 aliphatic carbocycles. The van der Waals surface area contributed by atoms with Gasteiger partial charge >= 0.3 is 12.3 Å². The van der Waals surface area contributed by atoms with Crippen molar-refractivity contribution in [1.82, 2.24) is 20.1 Å². The summed E-state index contributed by atoms with van der Waals surface area (Å²) in [5.41, 5.74) is -0.882. The van der Waals surface area contributed by atoms with Crippen LogP contribution in [0.1, 0.15) is 17.6 Å². The Morgan fingerprint density at radius 1 is 1.35 bits per heavy atom. The summed E-state index contributed by atoms with van der Waals surface area (Å²) in [6, 6.07) is 0. The molecule has 2 rings (SSSR count). The number of nitrogens with zero attached hydrogens (tertiary/aromatic N) is 4. The fourth-order valence-electron chi connectivity index (χ4n) is 2.32. The number of nitrogens with one attached hydrogen (secondary N) is 1. The van der Waals surface area contributed by atoms with E-state index in [0.717, 1.165) is 16.7 Å². The van der Waals surface area contributed by atoms with Gasteiger partial charge in [0.15, 0.2) is 11.7 Å². The van der Waals surface area contributed by atoms with Crippen LogP contribution in [0, 0.1) is 0 Å². The molecule has 0 saturated carbocycles. The molecule has 1 aromatic heterocycles. The summed E-state index contributed by atoms with van der Waals surface area (Å²) in [5, 5.41) is 4.34. The largest absolute Gasteiger partial charge is 0.450 e. The van der Waals surface area contributed by atoms with E-state index >= 15 is 0 Å². The highest BCUT2D eigenvalue weighted by Gasteiger charge is 2.33. The van der Waals surface area contributed by atoms with Crippen molar-refractivity contribution < 1.29 is 22.7 Å². The average molecular weight is 507 g/mol. The maximum atomic E-state index is 12.6. The third-order valence-corrected chi connectivity index (χ3v) is 4.41. The molecule has 0 unspecified atom stereocenters. The minimum atomic E-state index is -4.43. The Morgan fingerprint density at radius 2 is 1.96 bits per heavy atom. The van der Waals surface area contributed by atoms with E-state index in [1.54, 1.807) is 18.9 Å². The monoisotopic (exact) mass is 507 g/mol. The van der Waals surface area contributed by atoms with Gasteiger partial charge in [-0.2, -0.15) is 13.2 Å². The molecule has 2 heterocycles. The number of aromatic nitrogens is 1. The molecule has 7 nitrogen and oxygen atoms in total. The fourth-order valence-corrected chi connectivity index (χ4v) is 3.07. The van der Waals surface area contributed by atoms with Gasteiger partial charge in [0.05, 0.1) is 13.2 Å². The van der Waals surface area contributed by atoms with Crippen molar-refractivity contribution in [2.24, 2.45) is 4.99 Å². The fraction of sp³-hybridized carbons (Fsp3) is 0.643. The van der Waals surface area contributed by atoms with Crippen LogP contribution in [0.4, 0.5) is 18.0 Å². The van der Waals surface area contributed by atoms with Crippen LogP contribution in [-0.2, 0) is 17.5 Å². The molecule has 148 valence electrons. The van der Waals surface area contributed by atoms with Crippen LogP contribution in [0.25, 0.3) is 0 Å². The Balaban J connectivity index is 0.00000338. The van der Waals surface area contributed by atoms with Crippen LogP contribution in [-0.4, -0.2) is 66.7 Å². The Bertz CT molecular complexity index is 618. The number of carbonyl (C=O) groups is 1. The molecule has 12 heteroatoms. The highest BCUT2D eigenvalue weighted by atomic mass is 127. The van der Waals surface area contributed by atoms with Gasteiger partial charge in [-0.15, -0.1) is 35.3 Å². The summed E-state index contributed by atoms with van der Waals surface area (Å²) < 4.78 is 42.7. The van der Waals surface area contributed by atoms with Crippen molar-refractivity contribution >= 4 is 47.4 Å². The van der Waals surface area contributed by atoms with E-state index in [1.807, 2.05) is 4.90 Å². The zero-order valence-electron chi connectivity index (χ0n) is 14.4. The first-order valence-electron chi connectivity index (χ1n) is 7.74. The number of hydrogen-bond acceptors (Lipinski definition) is 5. The van der Waals surface area contributed by atoms with E-state index < -0.39 is 11.9 Å². The van der Waals surface area contributed by atoms with Gasteiger partial charge in [0.1, 0.15) is 5.01 Å². The molecule has 1 aromatic rings. The number of hydrogen-bond donors (Lipinski definition) is 1. The van der Waals surface area contributed by atoms with Crippen LogP contribution in [0.3, 0.4) is 0 Å². The van der Waals surface area contributed by atoms with Gasteiger partial charge in [0.2, 0.25) is 0 Å². The molecule has 0 bridgehead atoms. The first-order chi connectivity index (χ1) is 11.8. The summed E-state index contributed by atoms with van der Waals surface area (Å²) in [6.45, 7) is 4.35. The number of rotatable bonds is 3. The molecule has 0 spiro atoms. The lowest BCUT2D eigenvalue weighted by atomic mass is 10.3. The van der Waals surface area contributed by atoms with E-state index in [2.05, 4.69) is 15.3 Å². The van der Waals surface area contributed by atoms with E-state index in [4.69, 9.17) is 4.74 Å². The quantitative estimate of drug-likeness (QED) is 0.387. The molecule has 0 radical (unpaired) electrons. The summed E-state index contributed by atoms with van der Waals surface area (Å²) >= 11 is 0.949. The summed E-state index contributed by atoms with van der Waals surface area (Å²) in [4.78, 5) is 22.9. The smallest absolute Gasteiger partial charge is 0.434 e. The molecule has 1 amide bonds. The summed E-state index contributed by atoms with van der Waals surface area (Å²) in [6.07, 6.45) is -4.77. The lowest BCUT2D eigenvalue weighted by Crippen LogP contribution is -2.53. The number of aliphatic imine (C=N–C) groups is 1. The number of carbonyl (C=O) groups excluding carboxylic acids is 1. The molecule has 1 aliphatic rings. The Labute approximate surface area is 170 Å². The van der Waals surface area contributed by atoms with Crippen LogP contribution in [0.5, 0.6) is 0 Å². The topological polar surface area (TPSA) is 70.1 Å². The van der Waals surface area contributed by atoms with Crippen molar-refractivity contribution in [3.63, 3.8) is 0 Å². The first kappa shape index (κ1) is 22.7. The minimum absolute atomic E-state index is 0. The Kier molecular flexibility index (Phi) is 8.86. The maximum Gasteiger partial charge on any atom is 0.434 e. The molecule has 0 aromatic carbocycles. The van der Waals surface area contributed by atoms with Crippen LogP contribution in [0.15, 0.2) is 10.4 Å². The van der Waals surface area contributed by atoms with E-state index in [-0.39, 0.29) is 36.6 Å². The molecule has 0 atom stereocenters. The second kappa shape index (κ2) is 10.1. The van der Waals surface area contributed by atoms with E-state index in [1.165, 1.54) is 0 Å². The first-order valence-corrected chi connectivity index (χ1v) is 8.62. The molecule has 1 aliphatic heterocycles. The standard InChI is InChI=1S/C14H20F3N5O2S.HI/c1-3-24-13(23)22-6-4-21(5-7-22)12(18-2)19-8-11-20-10(9-25-11)14(15,16)17;/h9H,3-8H2,1-2H3,(H,18,19);1H. The van der Waals surface area contributed by atoms with Crippen molar-refractivity contribution in [2.75, 3.05) is 39.8 Å². The SMILES string of the molecule is CCOC(=O)N1CCN(C(=NC)NCc2nc(C(F)(F)F)cs2)CC1.I. The zero-order valence-corrected chi connectivity index (χ0v) is 17.5. The van der Waals surface area contributed by atoms with E-state index in [0.29, 0.717) is 43.8 Å². The molecular weight excluding hydrogens is 486 g/mol. The number of guanidine groups is 1. The van der Waals surface area contributed by atoms with Crippen molar-refractivity contribution in [1.29, 1.82) is 0 Å². The average Bonchev–Trinajstić information content (AvgIpc) is 3.05. The van der Waals surface area contributed by atoms with Gasteiger partial charge in [-0.05, 0) is 6.92 Å². The number of thiazole rings is 1. The predicted molar refractivity (Wildman–Crippen MR) is 103 cm³/mol. The summed E-state index contributed by atoms with van der Waals surface area (Å²) in [7, 11) is 1.60. The van der Waals surface area contributed by atoms with E-state index in [9.17, 15) is 18.0 Å². The molecule has 26 heavy (non-hydrogen) atoms. The van der Waals surface area contributed by atoms with Gasteiger partial charge in [0.25, 0.3) is 0 Å². The molecule has 1 fully saturated rings. The van der Waals surface area contributed by atoms with Gasteiger partial charge in [0, 0.05) is 38.6 Å².